The highest BCUT2D eigenvalue weighted by Gasteiger charge is 2.11. The standard InChI is InChI=1S/C17H16FN5O/c1-11-9-12(2)23(22-11)16-8-7-15(20-21-16)17(24)19-10-13-5-3-4-6-14(13)18/h3-9H,10H2,1-2H3,(H,19,24). The molecule has 1 N–H and O–H groups in total. The summed E-state index contributed by atoms with van der Waals surface area (Å²) < 4.78 is 15.2. The fourth-order valence-electron chi connectivity index (χ4n) is 2.33. The molecule has 0 spiro atoms. The summed E-state index contributed by atoms with van der Waals surface area (Å²) >= 11 is 0. The average molecular weight is 325 g/mol. The molecule has 0 aliphatic rings. The van der Waals surface area contributed by atoms with Crippen molar-refractivity contribution in [3.05, 3.63) is 70.9 Å². The Hall–Kier alpha value is -3.09. The van der Waals surface area contributed by atoms with Crippen molar-refractivity contribution in [2.24, 2.45) is 0 Å². The van der Waals surface area contributed by atoms with Crippen molar-refractivity contribution in [2.75, 3.05) is 0 Å². The molecule has 0 bridgehead atoms. The van der Waals surface area contributed by atoms with E-state index in [-0.39, 0.29) is 18.1 Å². The number of hydrogen-bond acceptors (Lipinski definition) is 4. The first-order chi connectivity index (χ1) is 11.5. The van der Waals surface area contributed by atoms with Gasteiger partial charge in [0.25, 0.3) is 5.91 Å². The van der Waals surface area contributed by atoms with Crippen LogP contribution in [0.5, 0.6) is 0 Å². The van der Waals surface area contributed by atoms with Crippen molar-refractivity contribution >= 4 is 5.91 Å². The van der Waals surface area contributed by atoms with Crippen molar-refractivity contribution in [3.8, 4) is 5.82 Å². The van der Waals surface area contributed by atoms with Crippen LogP contribution >= 0.6 is 0 Å². The van der Waals surface area contributed by atoms with Crippen LogP contribution in [0.2, 0.25) is 0 Å². The van der Waals surface area contributed by atoms with E-state index in [9.17, 15) is 9.18 Å². The number of benzene rings is 1. The Kier molecular flexibility index (Phi) is 4.33. The van der Waals surface area contributed by atoms with E-state index in [0.717, 1.165) is 11.4 Å². The lowest BCUT2D eigenvalue weighted by molar-refractivity contribution is 0.0944. The van der Waals surface area contributed by atoms with Gasteiger partial charge in [-0.1, -0.05) is 18.2 Å². The summed E-state index contributed by atoms with van der Waals surface area (Å²) in [5, 5.41) is 14.9. The molecule has 7 heteroatoms. The van der Waals surface area contributed by atoms with Gasteiger partial charge in [0.15, 0.2) is 11.5 Å². The Morgan fingerprint density at radius 2 is 1.96 bits per heavy atom. The maximum atomic E-state index is 13.5. The zero-order chi connectivity index (χ0) is 17.1. The van der Waals surface area contributed by atoms with Crippen LogP contribution in [0.3, 0.4) is 0 Å². The van der Waals surface area contributed by atoms with Crippen LogP contribution in [0.15, 0.2) is 42.5 Å². The van der Waals surface area contributed by atoms with Gasteiger partial charge in [0.1, 0.15) is 5.82 Å². The fraction of sp³-hybridized carbons (Fsp3) is 0.176. The molecule has 0 aliphatic carbocycles. The van der Waals surface area contributed by atoms with Crippen LogP contribution in [-0.4, -0.2) is 25.9 Å². The third-order valence-electron chi connectivity index (χ3n) is 3.51. The molecule has 6 nitrogen and oxygen atoms in total. The quantitative estimate of drug-likeness (QED) is 0.799. The van der Waals surface area contributed by atoms with Gasteiger partial charge in [-0.3, -0.25) is 4.79 Å². The number of hydrogen-bond donors (Lipinski definition) is 1. The second-order valence-electron chi connectivity index (χ2n) is 5.39. The number of aromatic nitrogens is 4. The third-order valence-corrected chi connectivity index (χ3v) is 3.51. The SMILES string of the molecule is Cc1cc(C)n(-c2ccc(C(=O)NCc3ccccc3F)nn2)n1. The van der Waals surface area contributed by atoms with Gasteiger partial charge in [-0.05, 0) is 38.1 Å². The van der Waals surface area contributed by atoms with Gasteiger partial charge in [0.05, 0.1) is 5.69 Å². The summed E-state index contributed by atoms with van der Waals surface area (Å²) in [5.74, 6) is -0.235. The zero-order valence-corrected chi connectivity index (χ0v) is 13.3. The topological polar surface area (TPSA) is 72.7 Å². The second kappa shape index (κ2) is 6.57. The molecule has 0 unspecified atom stereocenters. The fourth-order valence-corrected chi connectivity index (χ4v) is 2.33. The highest BCUT2D eigenvalue weighted by Crippen LogP contribution is 2.09. The normalized spacial score (nSPS) is 10.6. The number of aryl methyl sites for hydroxylation is 2. The van der Waals surface area contributed by atoms with Crippen LogP contribution in [0, 0.1) is 19.7 Å². The molecule has 2 heterocycles. The molecule has 0 atom stereocenters. The molecule has 24 heavy (non-hydrogen) atoms. The lowest BCUT2D eigenvalue weighted by Gasteiger charge is -2.06. The number of carbonyl (C=O) groups excluding carboxylic acids is 1. The van der Waals surface area contributed by atoms with Crippen molar-refractivity contribution in [1.82, 2.24) is 25.3 Å². The zero-order valence-electron chi connectivity index (χ0n) is 13.3. The van der Waals surface area contributed by atoms with Crippen LogP contribution in [0.25, 0.3) is 5.82 Å². The summed E-state index contributed by atoms with van der Waals surface area (Å²) in [6.45, 7) is 3.89. The molecule has 122 valence electrons. The predicted octanol–water partition coefficient (Wildman–Crippen LogP) is 2.35. The van der Waals surface area contributed by atoms with Gasteiger partial charge in [-0.2, -0.15) is 5.10 Å². The van der Waals surface area contributed by atoms with Crippen molar-refractivity contribution in [1.29, 1.82) is 0 Å². The van der Waals surface area contributed by atoms with Crippen molar-refractivity contribution in [3.63, 3.8) is 0 Å². The minimum Gasteiger partial charge on any atom is -0.346 e. The Balaban J connectivity index is 1.70. The summed E-state index contributed by atoms with van der Waals surface area (Å²) in [7, 11) is 0. The predicted molar refractivity (Wildman–Crippen MR) is 86.2 cm³/mol. The minimum absolute atomic E-state index is 0.0897. The first-order valence-electron chi connectivity index (χ1n) is 7.43. The summed E-state index contributed by atoms with van der Waals surface area (Å²) in [4.78, 5) is 12.1. The van der Waals surface area contributed by atoms with E-state index < -0.39 is 5.91 Å². The van der Waals surface area contributed by atoms with Crippen molar-refractivity contribution in [2.45, 2.75) is 20.4 Å². The van der Waals surface area contributed by atoms with E-state index in [1.165, 1.54) is 6.07 Å². The monoisotopic (exact) mass is 325 g/mol. The molecule has 0 aliphatic heterocycles. The van der Waals surface area contributed by atoms with Crippen LogP contribution < -0.4 is 5.32 Å². The number of nitrogens with one attached hydrogen (secondary N) is 1. The Labute approximate surface area is 138 Å². The second-order valence-corrected chi connectivity index (χ2v) is 5.39. The number of halogens is 1. The highest BCUT2D eigenvalue weighted by molar-refractivity contribution is 5.92. The third kappa shape index (κ3) is 3.29. The van der Waals surface area contributed by atoms with E-state index in [1.54, 1.807) is 35.0 Å². The summed E-state index contributed by atoms with van der Waals surface area (Å²) in [6, 6.07) is 11.5. The Bertz CT molecular complexity index is 873. The first kappa shape index (κ1) is 15.8. The van der Waals surface area contributed by atoms with Crippen LogP contribution in [0.1, 0.15) is 27.4 Å². The van der Waals surface area contributed by atoms with Gasteiger partial charge in [-0.25, -0.2) is 9.07 Å². The Morgan fingerprint density at radius 1 is 1.17 bits per heavy atom. The van der Waals surface area contributed by atoms with E-state index in [0.29, 0.717) is 11.4 Å². The number of rotatable bonds is 4. The van der Waals surface area contributed by atoms with Gasteiger partial charge >= 0.3 is 0 Å². The molecule has 3 rings (SSSR count). The molecule has 2 aromatic heterocycles. The van der Waals surface area contributed by atoms with Crippen molar-refractivity contribution < 1.29 is 9.18 Å². The molecule has 0 saturated carbocycles. The molecule has 0 saturated heterocycles. The molecule has 3 aromatic rings. The average Bonchev–Trinajstić information content (AvgIpc) is 2.92. The van der Waals surface area contributed by atoms with Gasteiger partial charge in [0, 0.05) is 17.8 Å². The first-order valence-corrected chi connectivity index (χ1v) is 7.43. The minimum atomic E-state index is -0.411. The van der Waals surface area contributed by atoms with Crippen LogP contribution in [0.4, 0.5) is 4.39 Å². The smallest absolute Gasteiger partial charge is 0.272 e. The summed E-state index contributed by atoms with van der Waals surface area (Å²) in [5.41, 5.74) is 2.38. The lowest BCUT2D eigenvalue weighted by atomic mass is 10.2. The van der Waals surface area contributed by atoms with E-state index in [1.807, 2.05) is 19.9 Å². The Morgan fingerprint density at radius 3 is 2.58 bits per heavy atom. The number of nitrogens with zero attached hydrogens (tertiary/aromatic N) is 4. The van der Waals surface area contributed by atoms with Gasteiger partial charge < -0.3 is 5.32 Å². The molecule has 0 fully saturated rings. The van der Waals surface area contributed by atoms with E-state index in [2.05, 4.69) is 20.6 Å². The highest BCUT2D eigenvalue weighted by atomic mass is 19.1. The number of amides is 1. The van der Waals surface area contributed by atoms with E-state index >= 15 is 0 Å². The molecule has 1 aromatic carbocycles. The molecular formula is C17H16FN5O. The maximum absolute atomic E-state index is 13.5. The molecule has 0 radical (unpaired) electrons. The lowest BCUT2D eigenvalue weighted by Crippen LogP contribution is -2.24. The molecule has 1 amide bonds. The van der Waals surface area contributed by atoms with E-state index in [4.69, 9.17) is 0 Å². The largest absolute Gasteiger partial charge is 0.346 e. The number of carbonyl (C=O) groups is 1. The van der Waals surface area contributed by atoms with Gasteiger partial charge in [0.2, 0.25) is 0 Å². The maximum Gasteiger partial charge on any atom is 0.272 e. The molecular weight excluding hydrogens is 309 g/mol. The van der Waals surface area contributed by atoms with Gasteiger partial charge in [-0.15, -0.1) is 10.2 Å². The van der Waals surface area contributed by atoms with Crippen LogP contribution in [-0.2, 0) is 6.54 Å². The summed E-state index contributed by atoms with van der Waals surface area (Å²) in [6.07, 6.45) is 0.